The van der Waals surface area contributed by atoms with Gasteiger partial charge in [-0.2, -0.15) is 0 Å². The molecular formula is C32H38N4O4. The average Bonchev–Trinajstić information content (AvgIpc) is 2.86. The van der Waals surface area contributed by atoms with Crippen LogP contribution in [0.1, 0.15) is 52.9 Å². The van der Waals surface area contributed by atoms with Crippen molar-refractivity contribution in [2.24, 2.45) is 0 Å². The first-order valence-corrected chi connectivity index (χ1v) is 13.2. The number of amides is 2. The molecule has 0 aliphatic heterocycles. The maximum atomic E-state index is 12.8. The van der Waals surface area contributed by atoms with Gasteiger partial charge in [0.05, 0.1) is 22.2 Å². The normalized spacial score (nSPS) is 11.9. The minimum absolute atomic E-state index is 0.238. The molecule has 0 aliphatic rings. The molecule has 8 heteroatoms. The van der Waals surface area contributed by atoms with Crippen molar-refractivity contribution >= 4 is 34.0 Å². The van der Waals surface area contributed by atoms with Gasteiger partial charge in [-0.15, -0.1) is 0 Å². The summed E-state index contributed by atoms with van der Waals surface area (Å²) in [7, 11) is 6.49. The Labute approximate surface area is 235 Å². The number of ether oxygens (including phenoxy) is 2. The zero-order chi connectivity index (χ0) is 29.6. The number of carbonyl (C=O) groups excluding carboxylic acids is 2. The molecule has 2 heterocycles. The van der Waals surface area contributed by atoms with Gasteiger partial charge in [0.15, 0.2) is 0 Å². The maximum Gasteiger partial charge on any atom is 0.414 e. The highest BCUT2D eigenvalue weighted by atomic mass is 16.6. The molecular weight excluding hydrogens is 504 g/mol. The summed E-state index contributed by atoms with van der Waals surface area (Å²) < 4.78 is 11.8. The highest BCUT2D eigenvalue weighted by Gasteiger charge is 2.27. The molecule has 4 rings (SSSR count). The van der Waals surface area contributed by atoms with E-state index in [-0.39, 0.29) is 10.8 Å². The molecule has 0 unspecified atom stereocenters. The summed E-state index contributed by atoms with van der Waals surface area (Å²) in [4.78, 5) is 38.6. The lowest BCUT2D eigenvalue weighted by Crippen LogP contribution is -2.26. The Morgan fingerprint density at radius 2 is 0.900 bits per heavy atom. The van der Waals surface area contributed by atoms with Crippen molar-refractivity contribution in [2.75, 3.05) is 28.2 Å². The second-order valence-corrected chi connectivity index (χ2v) is 12.4. The van der Waals surface area contributed by atoms with E-state index >= 15 is 0 Å². The predicted octanol–water partition coefficient (Wildman–Crippen LogP) is 7.17. The highest BCUT2D eigenvalue weighted by Crippen LogP contribution is 2.45. The molecule has 0 bridgehead atoms. The summed E-state index contributed by atoms with van der Waals surface area (Å²) in [6.07, 6.45) is -1.08. The number of benzene rings is 2. The molecule has 0 spiro atoms. The summed E-state index contributed by atoms with van der Waals surface area (Å²) in [5, 5.41) is 1.70. The van der Waals surface area contributed by atoms with Crippen molar-refractivity contribution < 1.29 is 19.1 Å². The van der Waals surface area contributed by atoms with Crippen LogP contribution in [-0.2, 0) is 10.8 Å². The number of hydrogen-bond donors (Lipinski definition) is 0. The fraction of sp³-hybridized carbons (Fsp3) is 0.375. The number of pyridine rings is 2. The second kappa shape index (κ2) is 10.4. The van der Waals surface area contributed by atoms with Gasteiger partial charge in [0.1, 0.15) is 11.5 Å². The Bertz CT molecular complexity index is 1490. The number of nitrogens with zero attached hydrogens (tertiary/aromatic N) is 4. The van der Waals surface area contributed by atoms with E-state index in [2.05, 4.69) is 41.5 Å². The van der Waals surface area contributed by atoms with Gasteiger partial charge in [-0.25, -0.2) is 9.59 Å². The molecule has 210 valence electrons. The molecule has 0 atom stereocenters. The van der Waals surface area contributed by atoms with E-state index in [1.165, 1.54) is 9.80 Å². The summed E-state index contributed by atoms with van der Waals surface area (Å²) in [5.74, 6) is 0.588. The third kappa shape index (κ3) is 5.71. The van der Waals surface area contributed by atoms with Gasteiger partial charge in [0, 0.05) is 61.2 Å². The van der Waals surface area contributed by atoms with Crippen molar-refractivity contribution in [1.82, 2.24) is 19.8 Å². The van der Waals surface area contributed by atoms with Gasteiger partial charge in [-0.3, -0.25) is 9.97 Å². The smallest absolute Gasteiger partial charge is 0.409 e. The Kier molecular flexibility index (Phi) is 7.49. The summed E-state index contributed by atoms with van der Waals surface area (Å²) in [6, 6.07) is 15.3. The lowest BCUT2D eigenvalue weighted by Gasteiger charge is -2.23. The van der Waals surface area contributed by atoms with Crippen LogP contribution in [0.25, 0.3) is 32.9 Å². The van der Waals surface area contributed by atoms with E-state index in [0.29, 0.717) is 33.7 Å². The van der Waals surface area contributed by atoms with E-state index < -0.39 is 12.2 Å². The summed E-state index contributed by atoms with van der Waals surface area (Å²) >= 11 is 0. The summed E-state index contributed by atoms with van der Waals surface area (Å²) in [5.41, 5.74) is 3.56. The molecule has 0 fully saturated rings. The predicted molar refractivity (Wildman–Crippen MR) is 159 cm³/mol. The van der Waals surface area contributed by atoms with E-state index in [0.717, 1.165) is 22.2 Å². The van der Waals surface area contributed by atoms with Gasteiger partial charge in [0.2, 0.25) is 0 Å². The number of hydrogen-bond acceptors (Lipinski definition) is 6. The first kappa shape index (κ1) is 28.8. The standard InChI is InChI=1S/C32H38N4O4/c1-31(2,3)23-17-13-19-11-15-21(39-29(37)35(7)8)25(27(19)33-23)26-22(40-30(38)36(9)10)16-12-20-14-18-24(32(4,5)6)34-28(20)26/h11-18H,1-10H3. The molecule has 0 saturated heterocycles. The molecule has 2 aromatic heterocycles. The molecule has 8 nitrogen and oxygen atoms in total. The van der Waals surface area contributed by atoms with Crippen LogP contribution in [0.3, 0.4) is 0 Å². The Morgan fingerprint density at radius 1 is 0.575 bits per heavy atom. The van der Waals surface area contributed by atoms with Gasteiger partial charge in [0.25, 0.3) is 0 Å². The number of rotatable bonds is 3. The largest absolute Gasteiger partial charge is 0.414 e. The van der Waals surface area contributed by atoms with Crippen molar-refractivity contribution in [3.05, 3.63) is 59.9 Å². The lowest BCUT2D eigenvalue weighted by molar-refractivity contribution is 0.170. The zero-order valence-corrected chi connectivity index (χ0v) is 25.0. The van der Waals surface area contributed by atoms with E-state index in [1.54, 1.807) is 40.3 Å². The molecule has 0 aliphatic carbocycles. The molecule has 0 saturated carbocycles. The van der Waals surface area contributed by atoms with Crippen LogP contribution in [0.5, 0.6) is 11.5 Å². The minimum atomic E-state index is -0.539. The molecule has 2 aromatic carbocycles. The van der Waals surface area contributed by atoms with Crippen molar-refractivity contribution in [3.63, 3.8) is 0 Å². The monoisotopic (exact) mass is 542 g/mol. The van der Waals surface area contributed by atoms with Crippen LogP contribution < -0.4 is 9.47 Å². The fourth-order valence-corrected chi connectivity index (χ4v) is 4.20. The topological polar surface area (TPSA) is 84.9 Å². The second-order valence-electron chi connectivity index (χ2n) is 12.4. The Hall–Kier alpha value is -4.20. The number of fused-ring (bicyclic) bond motifs is 2. The number of carbonyl (C=O) groups is 2. The van der Waals surface area contributed by atoms with Crippen LogP contribution in [0.2, 0.25) is 0 Å². The van der Waals surface area contributed by atoms with Crippen molar-refractivity contribution in [3.8, 4) is 22.6 Å². The quantitative estimate of drug-likeness (QED) is 0.273. The van der Waals surface area contributed by atoms with Crippen molar-refractivity contribution in [2.45, 2.75) is 52.4 Å². The van der Waals surface area contributed by atoms with Crippen LogP contribution in [0, 0.1) is 0 Å². The fourth-order valence-electron chi connectivity index (χ4n) is 4.20. The minimum Gasteiger partial charge on any atom is -0.409 e. The highest BCUT2D eigenvalue weighted by molar-refractivity contribution is 6.08. The van der Waals surface area contributed by atoms with Crippen LogP contribution in [0.4, 0.5) is 9.59 Å². The third-order valence-corrected chi connectivity index (χ3v) is 6.56. The van der Waals surface area contributed by atoms with Gasteiger partial charge < -0.3 is 19.3 Å². The van der Waals surface area contributed by atoms with Gasteiger partial charge in [-0.05, 0) is 36.4 Å². The molecule has 0 radical (unpaired) electrons. The first-order valence-electron chi connectivity index (χ1n) is 13.2. The van der Waals surface area contributed by atoms with Crippen LogP contribution in [-0.4, -0.2) is 60.1 Å². The molecule has 4 aromatic rings. The summed E-state index contributed by atoms with van der Waals surface area (Å²) in [6.45, 7) is 12.6. The maximum absolute atomic E-state index is 12.8. The zero-order valence-electron chi connectivity index (χ0n) is 25.0. The SMILES string of the molecule is CN(C)C(=O)Oc1ccc2ccc(C(C)(C)C)nc2c1-c1c(OC(=O)N(C)C)ccc2ccc(C(C)(C)C)nc12. The number of aromatic nitrogens is 2. The molecule has 40 heavy (non-hydrogen) atoms. The van der Waals surface area contributed by atoms with Gasteiger partial charge >= 0.3 is 12.2 Å². The first-order chi connectivity index (χ1) is 18.6. The van der Waals surface area contributed by atoms with Crippen LogP contribution in [0.15, 0.2) is 48.5 Å². The third-order valence-electron chi connectivity index (χ3n) is 6.56. The van der Waals surface area contributed by atoms with Gasteiger partial charge in [-0.1, -0.05) is 53.7 Å². The van der Waals surface area contributed by atoms with Crippen molar-refractivity contribution in [1.29, 1.82) is 0 Å². The lowest BCUT2D eigenvalue weighted by atomic mass is 9.89. The van der Waals surface area contributed by atoms with E-state index in [9.17, 15) is 9.59 Å². The molecule has 0 N–H and O–H groups in total. The van der Waals surface area contributed by atoms with E-state index in [1.807, 2.05) is 36.4 Å². The molecule has 2 amide bonds. The van der Waals surface area contributed by atoms with E-state index in [4.69, 9.17) is 19.4 Å². The van der Waals surface area contributed by atoms with Crippen LogP contribution >= 0.6 is 0 Å². The average molecular weight is 543 g/mol. The Morgan fingerprint density at radius 3 is 1.20 bits per heavy atom. The Balaban J connectivity index is 2.20.